The molecule has 0 bridgehead atoms. The highest BCUT2D eigenvalue weighted by Crippen LogP contribution is 2.40. The fraction of sp³-hybridized carbons (Fsp3) is 0.571. The smallest absolute Gasteiger partial charge is 0.150 e. The first-order chi connectivity index (χ1) is 9.45. The van der Waals surface area contributed by atoms with E-state index >= 15 is 0 Å². The average molecular weight is 330 g/mol. The first-order valence-electron chi connectivity index (χ1n) is 6.86. The second-order valence-corrected chi connectivity index (χ2v) is 10.1. The van der Waals surface area contributed by atoms with E-state index in [0.717, 1.165) is 19.3 Å². The van der Waals surface area contributed by atoms with Crippen molar-refractivity contribution in [3.8, 4) is 0 Å². The molecule has 2 aromatic heterocycles. The Hall–Kier alpha value is -0.430. The third-order valence-electron chi connectivity index (χ3n) is 4.27. The van der Waals surface area contributed by atoms with Gasteiger partial charge in [0.1, 0.15) is 9.84 Å². The maximum absolute atomic E-state index is 11.8. The van der Waals surface area contributed by atoms with Crippen LogP contribution in [0.4, 0.5) is 0 Å². The molecule has 0 aromatic carbocycles. The monoisotopic (exact) mass is 329 g/mol. The molecule has 20 heavy (non-hydrogen) atoms. The maximum Gasteiger partial charge on any atom is 0.150 e. The largest absolute Gasteiger partial charge is 0.323 e. The van der Waals surface area contributed by atoms with Crippen molar-refractivity contribution in [3.05, 3.63) is 22.4 Å². The van der Waals surface area contributed by atoms with Gasteiger partial charge in [-0.25, -0.2) is 8.42 Å². The van der Waals surface area contributed by atoms with Crippen molar-refractivity contribution in [1.29, 1.82) is 0 Å². The summed E-state index contributed by atoms with van der Waals surface area (Å²) in [5.74, 6) is 0.288. The summed E-state index contributed by atoms with van der Waals surface area (Å²) in [5, 5.41) is 1.89. The Labute approximate surface area is 127 Å². The summed E-state index contributed by atoms with van der Waals surface area (Å²) in [6, 6.07) is 4.28. The third-order valence-corrected chi connectivity index (χ3v) is 8.10. The molecule has 110 valence electrons. The summed E-state index contributed by atoms with van der Waals surface area (Å²) in [6.07, 6.45) is 4.87. The Morgan fingerprint density at radius 2 is 2.15 bits per heavy atom. The minimum Gasteiger partial charge on any atom is -0.323 e. The molecule has 3 rings (SSSR count). The molecule has 0 spiro atoms. The number of thiophene rings is 2. The Morgan fingerprint density at radius 3 is 2.85 bits per heavy atom. The van der Waals surface area contributed by atoms with E-state index in [0.29, 0.717) is 6.42 Å². The molecule has 0 radical (unpaired) electrons. The number of rotatable bonds is 3. The lowest BCUT2D eigenvalue weighted by Crippen LogP contribution is -2.32. The normalized spacial score (nSPS) is 25.9. The molecular weight excluding hydrogens is 310 g/mol. The second kappa shape index (κ2) is 5.40. The van der Waals surface area contributed by atoms with Gasteiger partial charge in [-0.15, -0.1) is 22.7 Å². The molecule has 6 heteroatoms. The van der Waals surface area contributed by atoms with Crippen LogP contribution in [0.25, 0.3) is 9.40 Å². The molecule has 1 aliphatic carbocycles. The van der Waals surface area contributed by atoms with Gasteiger partial charge >= 0.3 is 0 Å². The highest BCUT2D eigenvalue weighted by Gasteiger charge is 2.32. The molecule has 3 nitrogen and oxygen atoms in total. The SMILES string of the molecule is CS(=O)(=O)C1CCCC(C(N)c2cc3sccc3s2)C1. The number of fused-ring (bicyclic) bond motifs is 1. The standard InChI is InChI=1S/C14H19NO2S3/c1-20(16,17)10-4-2-3-9(7-10)14(15)13-8-12-11(19-13)5-6-18-12/h5-6,8-10,14H,2-4,7,15H2,1H3. The van der Waals surface area contributed by atoms with Crippen molar-refractivity contribution in [1.82, 2.24) is 0 Å². The van der Waals surface area contributed by atoms with E-state index in [1.54, 1.807) is 22.7 Å². The predicted octanol–water partition coefficient (Wildman–Crippen LogP) is 3.57. The molecule has 0 saturated heterocycles. The number of nitrogens with two attached hydrogens (primary N) is 1. The minimum absolute atomic E-state index is 0.0239. The average Bonchev–Trinajstić information content (AvgIpc) is 2.97. The molecule has 3 atom stereocenters. The quantitative estimate of drug-likeness (QED) is 0.936. The Kier molecular flexibility index (Phi) is 3.92. The van der Waals surface area contributed by atoms with Gasteiger partial charge in [0.15, 0.2) is 0 Å². The van der Waals surface area contributed by atoms with Gasteiger partial charge in [0, 0.05) is 26.6 Å². The number of sulfone groups is 1. The van der Waals surface area contributed by atoms with Crippen molar-refractivity contribution in [2.75, 3.05) is 6.26 Å². The zero-order chi connectivity index (χ0) is 14.3. The van der Waals surface area contributed by atoms with Gasteiger partial charge < -0.3 is 5.73 Å². The summed E-state index contributed by atoms with van der Waals surface area (Å²) in [6.45, 7) is 0. The van der Waals surface area contributed by atoms with E-state index in [2.05, 4.69) is 17.5 Å². The van der Waals surface area contributed by atoms with Gasteiger partial charge in [-0.1, -0.05) is 6.42 Å². The summed E-state index contributed by atoms with van der Waals surface area (Å²) < 4.78 is 26.1. The van der Waals surface area contributed by atoms with Gasteiger partial charge in [0.25, 0.3) is 0 Å². The van der Waals surface area contributed by atoms with Gasteiger partial charge in [0.05, 0.1) is 5.25 Å². The van der Waals surface area contributed by atoms with Crippen LogP contribution in [0.5, 0.6) is 0 Å². The highest BCUT2D eigenvalue weighted by atomic mass is 32.2. The van der Waals surface area contributed by atoms with Crippen molar-refractivity contribution in [2.24, 2.45) is 11.7 Å². The predicted molar refractivity (Wildman–Crippen MR) is 87.2 cm³/mol. The molecular formula is C14H19NO2S3. The maximum atomic E-state index is 11.8. The van der Waals surface area contributed by atoms with Crippen molar-refractivity contribution in [2.45, 2.75) is 37.0 Å². The summed E-state index contributed by atoms with van der Waals surface area (Å²) in [7, 11) is -2.94. The van der Waals surface area contributed by atoms with Crippen molar-refractivity contribution in [3.63, 3.8) is 0 Å². The fourth-order valence-corrected chi connectivity index (χ4v) is 6.48. The Balaban J connectivity index is 1.79. The van der Waals surface area contributed by atoms with E-state index < -0.39 is 9.84 Å². The van der Waals surface area contributed by atoms with Gasteiger partial charge in [-0.3, -0.25) is 0 Å². The summed E-state index contributed by atoms with van der Waals surface area (Å²) in [4.78, 5) is 1.20. The minimum atomic E-state index is -2.94. The van der Waals surface area contributed by atoms with Crippen molar-refractivity contribution < 1.29 is 8.42 Å². The highest BCUT2D eigenvalue weighted by molar-refractivity contribution is 7.91. The van der Waals surface area contributed by atoms with E-state index in [-0.39, 0.29) is 17.2 Å². The molecule has 1 aliphatic rings. The third kappa shape index (κ3) is 2.79. The van der Waals surface area contributed by atoms with Crippen LogP contribution in [0.2, 0.25) is 0 Å². The molecule has 0 aliphatic heterocycles. The van der Waals surface area contributed by atoms with Gasteiger partial charge in [0.2, 0.25) is 0 Å². The van der Waals surface area contributed by atoms with Crippen LogP contribution in [-0.4, -0.2) is 19.9 Å². The zero-order valence-corrected chi connectivity index (χ0v) is 13.9. The molecule has 2 aromatic rings. The van der Waals surface area contributed by atoms with Crippen LogP contribution in [0.1, 0.15) is 36.6 Å². The van der Waals surface area contributed by atoms with E-state index in [1.807, 2.05) is 0 Å². The van der Waals surface area contributed by atoms with E-state index in [1.165, 1.54) is 20.5 Å². The first-order valence-corrected chi connectivity index (χ1v) is 10.5. The molecule has 1 saturated carbocycles. The Bertz CT molecular complexity index is 672. The molecule has 2 N–H and O–H groups in total. The second-order valence-electron chi connectivity index (χ2n) is 5.70. The van der Waals surface area contributed by atoms with Crippen LogP contribution in [0.3, 0.4) is 0 Å². The molecule has 1 fully saturated rings. The molecule has 0 amide bonds. The lowest BCUT2D eigenvalue weighted by Gasteiger charge is -2.31. The van der Waals surface area contributed by atoms with Gasteiger partial charge in [-0.05, 0) is 42.7 Å². The molecule has 2 heterocycles. The van der Waals surface area contributed by atoms with Gasteiger partial charge in [-0.2, -0.15) is 0 Å². The van der Waals surface area contributed by atoms with E-state index in [9.17, 15) is 8.42 Å². The van der Waals surface area contributed by atoms with Crippen LogP contribution in [0, 0.1) is 5.92 Å². The van der Waals surface area contributed by atoms with Crippen LogP contribution in [0.15, 0.2) is 17.5 Å². The fourth-order valence-electron chi connectivity index (χ4n) is 3.08. The first kappa shape index (κ1) is 14.5. The lowest BCUT2D eigenvalue weighted by molar-refractivity contribution is 0.311. The Morgan fingerprint density at radius 1 is 1.35 bits per heavy atom. The van der Waals surface area contributed by atoms with E-state index in [4.69, 9.17) is 5.73 Å². The number of hydrogen-bond acceptors (Lipinski definition) is 5. The summed E-state index contributed by atoms with van der Waals surface area (Å²) in [5.41, 5.74) is 6.42. The van der Waals surface area contributed by atoms with Crippen molar-refractivity contribution >= 4 is 41.9 Å². The summed E-state index contributed by atoms with van der Waals surface area (Å²) >= 11 is 3.49. The topological polar surface area (TPSA) is 60.2 Å². The zero-order valence-electron chi connectivity index (χ0n) is 11.4. The number of hydrogen-bond donors (Lipinski definition) is 1. The molecule has 3 unspecified atom stereocenters. The lowest BCUT2D eigenvalue weighted by atomic mass is 9.83. The van der Waals surface area contributed by atoms with Crippen LogP contribution < -0.4 is 5.73 Å². The van der Waals surface area contributed by atoms with Crippen LogP contribution >= 0.6 is 22.7 Å². The van der Waals surface area contributed by atoms with Crippen LogP contribution in [-0.2, 0) is 9.84 Å².